The van der Waals surface area contributed by atoms with Gasteiger partial charge in [-0.25, -0.2) is 0 Å². The van der Waals surface area contributed by atoms with E-state index in [0.717, 1.165) is 15.1 Å². The molecule has 0 radical (unpaired) electrons. The molecule has 90 valence electrons. The van der Waals surface area contributed by atoms with Crippen LogP contribution in [0.15, 0.2) is 28.7 Å². The minimum atomic E-state index is 0.158. The summed E-state index contributed by atoms with van der Waals surface area (Å²) in [6, 6.07) is 8.32. The average Bonchev–Trinajstić information content (AvgIpc) is 2.58. The highest BCUT2D eigenvalue weighted by Gasteiger charge is 2.16. The Bertz CT molecular complexity index is 529. The molecule has 0 bridgehead atoms. The largest absolute Gasteiger partial charge is 0.143 e. The third-order valence-corrected chi connectivity index (χ3v) is 6.37. The maximum atomic E-state index is 6.28. The first-order valence-electron chi connectivity index (χ1n) is 5.15. The molecule has 0 aliphatic rings. The lowest BCUT2D eigenvalue weighted by Gasteiger charge is -2.10. The Kier molecular flexibility index (Phi) is 4.35. The van der Waals surface area contributed by atoms with Crippen LogP contribution in [-0.2, 0) is 0 Å². The van der Waals surface area contributed by atoms with Crippen LogP contribution in [-0.4, -0.2) is 0 Å². The Morgan fingerprint density at radius 1 is 1.24 bits per heavy atom. The molecule has 0 nitrogen and oxygen atoms in total. The van der Waals surface area contributed by atoms with E-state index in [9.17, 15) is 0 Å². The molecule has 0 fully saturated rings. The number of hydrogen-bond donors (Lipinski definition) is 0. The van der Waals surface area contributed by atoms with Crippen LogP contribution in [0.5, 0.6) is 0 Å². The second-order valence-electron chi connectivity index (χ2n) is 3.94. The molecular formula is C13H11Br2ClS. The first-order chi connectivity index (χ1) is 7.99. The molecule has 1 unspecified atom stereocenters. The molecule has 2 rings (SSSR count). The maximum Gasteiger partial charge on any atom is 0.0752 e. The highest BCUT2D eigenvalue weighted by Crippen LogP contribution is 2.41. The monoisotopic (exact) mass is 392 g/mol. The normalized spacial score (nSPS) is 12.8. The molecule has 2 aromatic rings. The lowest BCUT2D eigenvalue weighted by molar-refractivity contribution is 1.21. The third kappa shape index (κ3) is 2.95. The highest BCUT2D eigenvalue weighted by molar-refractivity contribution is 9.10. The van der Waals surface area contributed by atoms with Gasteiger partial charge in [0.15, 0.2) is 0 Å². The molecule has 0 aliphatic heterocycles. The highest BCUT2D eigenvalue weighted by atomic mass is 79.9. The van der Waals surface area contributed by atoms with Crippen molar-refractivity contribution in [1.29, 1.82) is 0 Å². The summed E-state index contributed by atoms with van der Waals surface area (Å²) in [6.45, 7) is 4.15. The van der Waals surface area contributed by atoms with E-state index < -0.39 is 0 Å². The van der Waals surface area contributed by atoms with Gasteiger partial charge in [-0.3, -0.25) is 0 Å². The Morgan fingerprint density at radius 3 is 2.47 bits per heavy atom. The van der Waals surface area contributed by atoms with Crippen LogP contribution in [0.1, 0.15) is 25.7 Å². The number of hydrogen-bond acceptors (Lipinski definition) is 1. The standard InChI is InChI=1S/C13H11Br2ClS/c1-7-3-4-9(11(16)5-7)13(15)12-6-10(14)8(2)17-12/h3-6,13H,1-2H3. The Balaban J connectivity index is 2.39. The molecule has 0 aliphatic carbocycles. The zero-order valence-corrected chi connectivity index (χ0v) is 14.2. The Hall–Kier alpha value is 0.170. The van der Waals surface area contributed by atoms with E-state index in [1.807, 2.05) is 13.0 Å². The second kappa shape index (κ2) is 5.43. The fraction of sp³-hybridized carbons (Fsp3) is 0.231. The predicted molar refractivity (Wildman–Crippen MR) is 83.7 cm³/mol. The number of alkyl halides is 1. The number of halogens is 3. The zero-order chi connectivity index (χ0) is 12.6. The van der Waals surface area contributed by atoms with Gasteiger partial charge in [0.2, 0.25) is 0 Å². The lowest BCUT2D eigenvalue weighted by Crippen LogP contribution is -1.91. The zero-order valence-electron chi connectivity index (χ0n) is 9.43. The fourth-order valence-corrected chi connectivity index (χ4v) is 4.44. The summed E-state index contributed by atoms with van der Waals surface area (Å²) >= 11 is 15.3. The van der Waals surface area contributed by atoms with Gasteiger partial charge in [0.25, 0.3) is 0 Å². The van der Waals surface area contributed by atoms with Crippen molar-refractivity contribution >= 4 is 54.8 Å². The van der Waals surface area contributed by atoms with Gasteiger partial charge < -0.3 is 0 Å². The quantitative estimate of drug-likeness (QED) is 0.527. The summed E-state index contributed by atoms with van der Waals surface area (Å²) in [5.74, 6) is 0. The molecule has 0 amide bonds. The number of aryl methyl sites for hydroxylation is 2. The first-order valence-corrected chi connectivity index (χ1v) is 8.05. The van der Waals surface area contributed by atoms with Gasteiger partial charge in [-0.15, -0.1) is 11.3 Å². The van der Waals surface area contributed by atoms with E-state index in [1.54, 1.807) is 11.3 Å². The van der Waals surface area contributed by atoms with Crippen molar-refractivity contribution in [3.05, 3.63) is 54.6 Å². The van der Waals surface area contributed by atoms with Crippen LogP contribution in [0.25, 0.3) is 0 Å². The van der Waals surface area contributed by atoms with Crippen molar-refractivity contribution in [3.63, 3.8) is 0 Å². The number of thiophene rings is 1. The molecule has 1 aromatic carbocycles. The SMILES string of the molecule is Cc1ccc(C(Br)c2cc(Br)c(C)s2)c(Cl)c1. The van der Waals surface area contributed by atoms with E-state index in [2.05, 4.69) is 57.0 Å². The molecule has 4 heteroatoms. The Morgan fingerprint density at radius 2 is 1.94 bits per heavy atom. The van der Waals surface area contributed by atoms with Crippen LogP contribution in [0.4, 0.5) is 0 Å². The summed E-state index contributed by atoms with van der Waals surface area (Å²) in [6.07, 6.45) is 0. The third-order valence-electron chi connectivity index (χ3n) is 2.56. The van der Waals surface area contributed by atoms with Crippen molar-refractivity contribution < 1.29 is 0 Å². The molecule has 17 heavy (non-hydrogen) atoms. The van der Waals surface area contributed by atoms with E-state index in [-0.39, 0.29) is 4.83 Å². The summed E-state index contributed by atoms with van der Waals surface area (Å²) in [7, 11) is 0. The second-order valence-corrected chi connectivity index (χ2v) is 7.41. The predicted octanol–water partition coefficient (Wildman–Crippen LogP) is 6.27. The van der Waals surface area contributed by atoms with Gasteiger partial charge in [-0.2, -0.15) is 0 Å². The fourth-order valence-electron chi connectivity index (χ4n) is 1.60. The van der Waals surface area contributed by atoms with Gasteiger partial charge in [0, 0.05) is 19.2 Å². The summed E-state index contributed by atoms with van der Waals surface area (Å²) in [4.78, 5) is 2.71. The van der Waals surface area contributed by atoms with Crippen molar-refractivity contribution in [3.8, 4) is 0 Å². The molecule has 1 aromatic heterocycles. The van der Waals surface area contributed by atoms with Gasteiger partial charge in [0.1, 0.15) is 0 Å². The molecule has 0 spiro atoms. The van der Waals surface area contributed by atoms with E-state index in [1.165, 1.54) is 15.3 Å². The van der Waals surface area contributed by atoms with Crippen LogP contribution in [0.3, 0.4) is 0 Å². The van der Waals surface area contributed by atoms with Gasteiger partial charge >= 0.3 is 0 Å². The van der Waals surface area contributed by atoms with E-state index in [0.29, 0.717) is 0 Å². The van der Waals surface area contributed by atoms with Crippen LogP contribution < -0.4 is 0 Å². The summed E-state index contributed by atoms with van der Waals surface area (Å²) < 4.78 is 1.16. The topological polar surface area (TPSA) is 0 Å². The van der Waals surface area contributed by atoms with Crippen LogP contribution in [0, 0.1) is 13.8 Å². The van der Waals surface area contributed by atoms with E-state index >= 15 is 0 Å². The van der Waals surface area contributed by atoms with Gasteiger partial charge in [0.05, 0.1) is 4.83 Å². The number of benzene rings is 1. The van der Waals surface area contributed by atoms with Crippen LogP contribution in [0.2, 0.25) is 5.02 Å². The van der Waals surface area contributed by atoms with Gasteiger partial charge in [-0.05, 0) is 53.0 Å². The molecular weight excluding hydrogens is 383 g/mol. The average molecular weight is 395 g/mol. The van der Waals surface area contributed by atoms with E-state index in [4.69, 9.17) is 11.6 Å². The molecule has 1 heterocycles. The molecule has 0 N–H and O–H groups in total. The summed E-state index contributed by atoms with van der Waals surface area (Å²) in [5, 5.41) is 0.814. The van der Waals surface area contributed by atoms with Crippen molar-refractivity contribution in [1.82, 2.24) is 0 Å². The molecule has 0 saturated heterocycles. The minimum Gasteiger partial charge on any atom is -0.143 e. The lowest BCUT2D eigenvalue weighted by atomic mass is 10.1. The Labute approximate surface area is 127 Å². The smallest absolute Gasteiger partial charge is 0.0752 e. The van der Waals surface area contributed by atoms with Crippen molar-refractivity contribution in [2.24, 2.45) is 0 Å². The first kappa shape index (κ1) is 13.6. The van der Waals surface area contributed by atoms with Crippen molar-refractivity contribution in [2.75, 3.05) is 0 Å². The molecule has 1 atom stereocenters. The minimum absolute atomic E-state index is 0.158. The maximum absolute atomic E-state index is 6.28. The number of rotatable bonds is 2. The summed E-state index contributed by atoms with van der Waals surface area (Å²) in [5.41, 5.74) is 2.30. The van der Waals surface area contributed by atoms with Crippen LogP contribution >= 0.6 is 54.8 Å². The van der Waals surface area contributed by atoms with Gasteiger partial charge in [-0.1, -0.05) is 39.7 Å². The van der Waals surface area contributed by atoms with Crippen molar-refractivity contribution in [2.45, 2.75) is 18.7 Å². The molecule has 0 saturated carbocycles.